The molecule has 5 nitrogen and oxygen atoms in total. The van der Waals surface area contributed by atoms with Gasteiger partial charge in [-0.25, -0.2) is 4.98 Å². The molecule has 2 heterocycles. The Labute approximate surface area is 180 Å². The summed E-state index contributed by atoms with van der Waals surface area (Å²) < 4.78 is 2.10. The van der Waals surface area contributed by atoms with E-state index >= 15 is 0 Å². The Hall–Kier alpha value is -2.52. The highest BCUT2D eigenvalue weighted by Crippen LogP contribution is 2.36. The van der Waals surface area contributed by atoms with Crippen molar-refractivity contribution in [2.75, 3.05) is 31.1 Å². The van der Waals surface area contributed by atoms with E-state index in [0.29, 0.717) is 10.6 Å². The first-order valence-electron chi connectivity index (χ1n) is 9.54. The minimum Gasteiger partial charge on any atom is -0.361 e. The summed E-state index contributed by atoms with van der Waals surface area (Å²) in [7, 11) is 0. The normalized spacial score (nSPS) is 17.3. The molecule has 1 atom stereocenters. The Morgan fingerprint density at radius 2 is 1.90 bits per heavy atom. The smallest absolute Gasteiger partial charge is 0.0992 e. The van der Waals surface area contributed by atoms with Crippen LogP contribution >= 0.6 is 23.2 Å². The van der Waals surface area contributed by atoms with Crippen molar-refractivity contribution < 1.29 is 0 Å². The molecule has 7 heteroatoms. The second-order valence-corrected chi connectivity index (χ2v) is 7.98. The number of piperazine rings is 1. The number of benzene rings is 2. The largest absolute Gasteiger partial charge is 0.361 e. The van der Waals surface area contributed by atoms with Crippen LogP contribution < -0.4 is 4.90 Å². The molecule has 1 aromatic heterocycles. The summed E-state index contributed by atoms with van der Waals surface area (Å²) in [4.78, 5) is 8.92. The van der Waals surface area contributed by atoms with Crippen molar-refractivity contribution in [3.8, 4) is 6.07 Å². The molecular weight excluding hydrogens is 405 g/mol. The van der Waals surface area contributed by atoms with E-state index in [1.54, 1.807) is 12.3 Å². The Bertz CT molecular complexity index is 995. The molecule has 3 aromatic rings. The van der Waals surface area contributed by atoms with Gasteiger partial charge in [-0.2, -0.15) is 5.26 Å². The molecule has 0 saturated carbocycles. The van der Waals surface area contributed by atoms with Gasteiger partial charge in [0.25, 0.3) is 0 Å². The van der Waals surface area contributed by atoms with Gasteiger partial charge < -0.3 is 9.47 Å². The van der Waals surface area contributed by atoms with Crippen molar-refractivity contribution >= 4 is 28.9 Å². The Morgan fingerprint density at radius 3 is 2.59 bits per heavy atom. The number of aromatic nitrogens is 2. The molecule has 1 aliphatic rings. The van der Waals surface area contributed by atoms with Crippen LogP contribution in [-0.4, -0.2) is 40.6 Å². The number of rotatable bonds is 5. The van der Waals surface area contributed by atoms with Gasteiger partial charge in [-0.15, -0.1) is 0 Å². The molecule has 1 saturated heterocycles. The van der Waals surface area contributed by atoms with Gasteiger partial charge in [0, 0.05) is 50.1 Å². The van der Waals surface area contributed by atoms with Gasteiger partial charge in [-0.05, 0) is 35.9 Å². The average molecular weight is 426 g/mol. The molecule has 0 radical (unpaired) electrons. The monoisotopic (exact) mass is 425 g/mol. The SMILES string of the molecule is N#Cc1ccc(N2CCN(CCn3ccnc3)C[C@H]2c2ccc(Cl)cc2)c(Cl)c1. The van der Waals surface area contributed by atoms with E-state index in [4.69, 9.17) is 28.5 Å². The minimum absolute atomic E-state index is 0.147. The third-order valence-electron chi connectivity index (χ3n) is 5.34. The fourth-order valence-electron chi connectivity index (χ4n) is 3.79. The van der Waals surface area contributed by atoms with E-state index in [9.17, 15) is 0 Å². The van der Waals surface area contributed by atoms with Gasteiger partial charge in [0.1, 0.15) is 0 Å². The van der Waals surface area contributed by atoms with Crippen molar-refractivity contribution in [3.63, 3.8) is 0 Å². The maximum Gasteiger partial charge on any atom is 0.0992 e. The zero-order chi connectivity index (χ0) is 20.2. The number of hydrogen-bond donors (Lipinski definition) is 0. The Kier molecular flexibility index (Phi) is 6.05. The summed E-state index contributed by atoms with van der Waals surface area (Å²) in [6, 6.07) is 15.8. The highest BCUT2D eigenvalue weighted by Gasteiger charge is 2.29. The van der Waals surface area contributed by atoms with E-state index in [1.807, 2.05) is 36.8 Å². The van der Waals surface area contributed by atoms with Gasteiger partial charge in [0.15, 0.2) is 0 Å². The van der Waals surface area contributed by atoms with Gasteiger partial charge in [-0.3, -0.25) is 4.90 Å². The predicted octanol–water partition coefficient (Wildman–Crippen LogP) is 4.63. The lowest BCUT2D eigenvalue weighted by molar-refractivity contribution is 0.216. The van der Waals surface area contributed by atoms with Crippen LogP contribution in [0.3, 0.4) is 0 Å². The highest BCUT2D eigenvalue weighted by molar-refractivity contribution is 6.33. The average Bonchev–Trinajstić information content (AvgIpc) is 3.26. The zero-order valence-corrected chi connectivity index (χ0v) is 17.4. The van der Waals surface area contributed by atoms with Crippen LogP contribution in [0, 0.1) is 11.3 Å². The van der Waals surface area contributed by atoms with Crippen molar-refractivity contribution in [2.24, 2.45) is 0 Å². The van der Waals surface area contributed by atoms with Crippen molar-refractivity contribution in [2.45, 2.75) is 12.6 Å². The molecule has 29 heavy (non-hydrogen) atoms. The van der Waals surface area contributed by atoms with Crippen LogP contribution in [0.25, 0.3) is 0 Å². The number of anilines is 1. The lowest BCUT2D eigenvalue weighted by Gasteiger charge is -2.43. The van der Waals surface area contributed by atoms with Crippen LogP contribution in [-0.2, 0) is 6.54 Å². The van der Waals surface area contributed by atoms with Crippen LogP contribution in [0.1, 0.15) is 17.2 Å². The van der Waals surface area contributed by atoms with Gasteiger partial charge in [0.05, 0.1) is 34.7 Å². The zero-order valence-electron chi connectivity index (χ0n) is 15.9. The van der Waals surface area contributed by atoms with E-state index in [1.165, 1.54) is 5.56 Å². The van der Waals surface area contributed by atoms with E-state index in [2.05, 4.69) is 37.6 Å². The quantitative estimate of drug-likeness (QED) is 0.597. The number of nitriles is 1. The maximum atomic E-state index is 9.14. The van der Waals surface area contributed by atoms with Gasteiger partial charge >= 0.3 is 0 Å². The molecule has 1 fully saturated rings. The van der Waals surface area contributed by atoms with Crippen LogP contribution in [0.2, 0.25) is 10.0 Å². The third kappa shape index (κ3) is 4.56. The third-order valence-corrected chi connectivity index (χ3v) is 5.89. The number of hydrogen-bond acceptors (Lipinski definition) is 4. The molecule has 148 valence electrons. The topological polar surface area (TPSA) is 48.1 Å². The van der Waals surface area contributed by atoms with E-state index in [0.717, 1.165) is 43.4 Å². The Morgan fingerprint density at radius 1 is 1.07 bits per heavy atom. The second kappa shape index (κ2) is 8.87. The summed E-state index contributed by atoms with van der Waals surface area (Å²) in [6.45, 7) is 4.53. The second-order valence-electron chi connectivity index (χ2n) is 7.14. The summed E-state index contributed by atoms with van der Waals surface area (Å²) in [5.41, 5.74) is 2.72. The van der Waals surface area contributed by atoms with Gasteiger partial charge in [0.2, 0.25) is 0 Å². The van der Waals surface area contributed by atoms with Crippen molar-refractivity contribution in [3.05, 3.63) is 82.4 Å². The molecule has 0 unspecified atom stereocenters. The summed E-state index contributed by atoms with van der Waals surface area (Å²) in [5.74, 6) is 0. The first kappa shape index (κ1) is 19.8. The van der Waals surface area contributed by atoms with E-state index < -0.39 is 0 Å². The standard InChI is InChI=1S/C22H21Cl2N5/c23-19-4-2-18(3-5-19)22-15-27(9-10-28-8-7-26-16-28)11-12-29(22)21-6-1-17(14-25)13-20(21)24/h1-8,13,16,22H,9-12,15H2/t22-/m0/s1. The molecule has 0 aliphatic carbocycles. The molecule has 2 aromatic carbocycles. The van der Waals surface area contributed by atoms with Crippen molar-refractivity contribution in [1.29, 1.82) is 5.26 Å². The molecule has 0 bridgehead atoms. The summed E-state index contributed by atoms with van der Waals surface area (Å²) >= 11 is 12.7. The molecule has 1 aliphatic heterocycles. The summed E-state index contributed by atoms with van der Waals surface area (Å²) in [6.07, 6.45) is 5.65. The number of halogens is 2. The first-order chi connectivity index (χ1) is 14.1. The van der Waals surface area contributed by atoms with Crippen LogP contribution in [0.4, 0.5) is 5.69 Å². The summed E-state index contributed by atoms with van der Waals surface area (Å²) in [5, 5.41) is 10.5. The Balaban J connectivity index is 1.58. The first-order valence-corrected chi connectivity index (χ1v) is 10.3. The maximum absolute atomic E-state index is 9.14. The fourth-order valence-corrected chi connectivity index (χ4v) is 4.20. The van der Waals surface area contributed by atoms with E-state index in [-0.39, 0.29) is 6.04 Å². The fraction of sp³-hybridized carbons (Fsp3) is 0.273. The highest BCUT2D eigenvalue weighted by atomic mass is 35.5. The molecule has 0 amide bonds. The van der Waals surface area contributed by atoms with Crippen molar-refractivity contribution in [1.82, 2.24) is 14.5 Å². The molecule has 0 spiro atoms. The van der Waals surface area contributed by atoms with Crippen LogP contribution in [0.5, 0.6) is 0 Å². The lowest BCUT2D eigenvalue weighted by atomic mass is 10.0. The van der Waals surface area contributed by atoms with Crippen LogP contribution in [0.15, 0.2) is 61.2 Å². The minimum atomic E-state index is 0.147. The molecule has 0 N–H and O–H groups in total. The molecular formula is C22H21Cl2N5. The number of imidazole rings is 1. The lowest BCUT2D eigenvalue weighted by Crippen LogP contribution is -2.49. The number of nitrogens with zero attached hydrogens (tertiary/aromatic N) is 5. The van der Waals surface area contributed by atoms with Gasteiger partial charge in [-0.1, -0.05) is 35.3 Å². The molecule has 4 rings (SSSR count). The predicted molar refractivity (Wildman–Crippen MR) is 116 cm³/mol.